The number of nitrogens with zero attached hydrogens (tertiary/aromatic N) is 1. The highest BCUT2D eigenvalue weighted by molar-refractivity contribution is 5.78. The molecule has 19 heavy (non-hydrogen) atoms. The van der Waals surface area contributed by atoms with Crippen molar-refractivity contribution >= 4 is 5.91 Å². The van der Waals surface area contributed by atoms with E-state index in [1.54, 1.807) is 0 Å². The van der Waals surface area contributed by atoms with Crippen LogP contribution in [0.4, 0.5) is 0 Å². The molecule has 3 nitrogen and oxygen atoms in total. The number of benzene rings is 1. The monoisotopic (exact) mass is 260 g/mol. The Morgan fingerprint density at radius 1 is 1.37 bits per heavy atom. The van der Waals surface area contributed by atoms with Gasteiger partial charge in [0.25, 0.3) is 0 Å². The van der Waals surface area contributed by atoms with E-state index in [1.165, 1.54) is 24.0 Å². The standard InChI is InChI=1S/C16H24N2O/c1-3-18(12-15-7-5-4-6-13(15)2)16(19)11-17-10-14-8-9-14/h4-7,14,17H,3,8-12H2,1-2H3. The van der Waals surface area contributed by atoms with Gasteiger partial charge in [-0.25, -0.2) is 0 Å². The maximum absolute atomic E-state index is 12.2. The molecule has 0 heterocycles. The van der Waals surface area contributed by atoms with Crippen molar-refractivity contribution in [2.75, 3.05) is 19.6 Å². The van der Waals surface area contributed by atoms with Crippen molar-refractivity contribution in [3.05, 3.63) is 35.4 Å². The number of rotatable bonds is 7. The van der Waals surface area contributed by atoms with Gasteiger partial charge in [0.05, 0.1) is 6.54 Å². The Balaban J connectivity index is 1.84. The van der Waals surface area contributed by atoms with E-state index < -0.39 is 0 Å². The van der Waals surface area contributed by atoms with Crippen LogP contribution in [0.5, 0.6) is 0 Å². The molecule has 2 rings (SSSR count). The summed E-state index contributed by atoms with van der Waals surface area (Å²) in [4.78, 5) is 14.1. The van der Waals surface area contributed by atoms with Gasteiger partial charge in [0.2, 0.25) is 5.91 Å². The Kier molecular flexibility index (Phi) is 4.97. The summed E-state index contributed by atoms with van der Waals surface area (Å²) in [6.07, 6.45) is 2.64. The molecule has 1 saturated carbocycles. The molecule has 3 heteroatoms. The van der Waals surface area contributed by atoms with E-state index in [2.05, 4.69) is 24.4 Å². The molecule has 0 unspecified atom stereocenters. The predicted molar refractivity (Wildman–Crippen MR) is 77.9 cm³/mol. The summed E-state index contributed by atoms with van der Waals surface area (Å²) in [5.74, 6) is 1.02. The van der Waals surface area contributed by atoms with Crippen LogP contribution < -0.4 is 5.32 Å². The summed E-state index contributed by atoms with van der Waals surface area (Å²) in [5, 5.41) is 3.27. The normalized spacial score (nSPS) is 14.4. The first-order valence-corrected chi connectivity index (χ1v) is 7.23. The second kappa shape index (κ2) is 6.71. The third-order valence-corrected chi connectivity index (χ3v) is 3.76. The predicted octanol–water partition coefficient (Wildman–Crippen LogP) is 2.34. The van der Waals surface area contributed by atoms with E-state index in [4.69, 9.17) is 0 Å². The van der Waals surface area contributed by atoms with Gasteiger partial charge in [-0.1, -0.05) is 24.3 Å². The highest BCUT2D eigenvalue weighted by Crippen LogP contribution is 2.27. The van der Waals surface area contributed by atoms with Crippen LogP contribution in [-0.2, 0) is 11.3 Å². The van der Waals surface area contributed by atoms with Crippen molar-refractivity contribution in [1.82, 2.24) is 10.2 Å². The summed E-state index contributed by atoms with van der Waals surface area (Å²) in [6, 6.07) is 8.27. The van der Waals surface area contributed by atoms with Crippen LogP contribution >= 0.6 is 0 Å². The van der Waals surface area contributed by atoms with Crippen molar-refractivity contribution in [3.8, 4) is 0 Å². The molecule has 104 valence electrons. The van der Waals surface area contributed by atoms with Gasteiger partial charge in [-0.3, -0.25) is 4.79 Å². The van der Waals surface area contributed by atoms with Gasteiger partial charge in [0.1, 0.15) is 0 Å². The first-order chi connectivity index (χ1) is 9.20. The van der Waals surface area contributed by atoms with Crippen LogP contribution in [0.2, 0.25) is 0 Å². The molecule has 0 atom stereocenters. The molecule has 1 N–H and O–H groups in total. The number of likely N-dealkylation sites (N-methyl/N-ethyl adjacent to an activating group) is 1. The molecular formula is C16H24N2O. The lowest BCUT2D eigenvalue weighted by Crippen LogP contribution is -2.38. The van der Waals surface area contributed by atoms with Gasteiger partial charge in [0, 0.05) is 13.1 Å². The summed E-state index contributed by atoms with van der Waals surface area (Å²) in [7, 11) is 0. The number of hydrogen-bond donors (Lipinski definition) is 1. The number of aryl methyl sites for hydroxylation is 1. The molecule has 0 spiro atoms. The van der Waals surface area contributed by atoms with Crippen LogP contribution in [0.25, 0.3) is 0 Å². The Morgan fingerprint density at radius 2 is 2.11 bits per heavy atom. The molecule has 0 aliphatic heterocycles. The van der Waals surface area contributed by atoms with Gasteiger partial charge in [-0.15, -0.1) is 0 Å². The SMILES string of the molecule is CCN(Cc1ccccc1C)C(=O)CNCC1CC1. The van der Waals surface area contributed by atoms with Crippen molar-refractivity contribution in [3.63, 3.8) is 0 Å². The van der Waals surface area contributed by atoms with Gasteiger partial charge >= 0.3 is 0 Å². The quantitative estimate of drug-likeness (QED) is 0.816. The number of amides is 1. The molecule has 0 radical (unpaired) electrons. The number of nitrogens with one attached hydrogen (secondary N) is 1. The average molecular weight is 260 g/mol. The summed E-state index contributed by atoms with van der Waals surface area (Å²) in [5.41, 5.74) is 2.49. The van der Waals surface area contributed by atoms with Gasteiger partial charge in [0.15, 0.2) is 0 Å². The average Bonchev–Trinajstić information content (AvgIpc) is 3.22. The van der Waals surface area contributed by atoms with Crippen molar-refractivity contribution < 1.29 is 4.79 Å². The third-order valence-electron chi connectivity index (χ3n) is 3.76. The largest absolute Gasteiger partial charge is 0.338 e. The van der Waals surface area contributed by atoms with Gasteiger partial charge < -0.3 is 10.2 Å². The zero-order valence-corrected chi connectivity index (χ0v) is 12.0. The third kappa shape index (κ3) is 4.35. The van der Waals surface area contributed by atoms with Crippen LogP contribution in [-0.4, -0.2) is 30.4 Å². The molecule has 1 aliphatic rings. The Morgan fingerprint density at radius 3 is 2.74 bits per heavy atom. The first kappa shape index (κ1) is 14.1. The van der Waals surface area contributed by atoms with Crippen LogP contribution in [0.3, 0.4) is 0 Å². The first-order valence-electron chi connectivity index (χ1n) is 7.23. The minimum absolute atomic E-state index is 0.200. The fourth-order valence-corrected chi connectivity index (χ4v) is 2.19. The van der Waals surface area contributed by atoms with Crippen molar-refractivity contribution in [2.24, 2.45) is 5.92 Å². The Hall–Kier alpha value is -1.35. The molecule has 1 aliphatic carbocycles. The molecular weight excluding hydrogens is 236 g/mol. The number of carbonyl (C=O) groups is 1. The van der Waals surface area contributed by atoms with Gasteiger partial charge in [-0.05, 0) is 50.3 Å². The van der Waals surface area contributed by atoms with Crippen LogP contribution in [0.1, 0.15) is 30.9 Å². The summed E-state index contributed by atoms with van der Waals surface area (Å²) < 4.78 is 0. The van der Waals surface area contributed by atoms with E-state index in [0.717, 1.165) is 19.0 Å². The molecule has 1 fully saturated rings. The van der Waals surface area contributed by atoms with Crippen LogP contribution in [0, 0.1) is 12.8 Å². The zero-order valence-electron chi connectivity index (χ0n) is 12.0. The van der Waals surface area contributed by atoms with E-state index in [0.29, 0.717) is 13.1 Å². The molecule has 1 amide bonds. The maximum Gasteiger partial charge on any atom is 0.236 e. The maximum atomic E-state index is 12.2. The minimum atomic E-state index is 0.200. The smallest absolute Gasteiger partial charge is 0.236 e. The lowest BCUT2D eigenvalue weighted by Gasteiger charge is -2.22. The van der Waals surface area contributed by atoms with Crippen LogP contribution in [0.15, 0.2) is 24.3 Å². The lowest BCUT2D eigenvalue weighted by molar-refractivity contribution is -0.130. The second-order valence-corrected chi connectivity index (χ2v) is 5.41. The van der Waals surface area contributed by atoms with Gasteiger partial charge in [-0.2, -0.15) is 0 Å². The van der Waals surface area contributed by atoms with E-state index in [1.807, 2.05) is 24.0 Å². The zero-order chi connectivity index (χ0) is 13.7. The summed E-state index contributed by atoms with van der Waals surface area (Å²) >= 11 is 0. The lowest BCUT2D eigenvalue weighted by atomic mass is 10.1. The Labute approximate surface area is 116 Å². The fraction of sp³-hybridized carbons (Fsp3) is 0.562. The molecule has 0 bridgehead atoms. The highest BCUT2D eigenvalue weighted by Gasteiger charge is 2.21. The molecule has 1 aromatic carbocycles. The highest BCUT2D eigenvalue weighted by atomic mass is 16.2. The second-order valence-electron chi connectivity index (χ2n) is 5.41. The Bertz CT molecular complexity index is 427. The van der Waals surface area contributed by atoms with Crippen molar-refractivity contribution in [2.45, 2.75) is 33.2 Å². The van der Waals surface area contributed by atoms with E-state index in [-0.39, 0.29) is 5.91 Å². The number of hydrogen-bond acceptors (Lipinski definition) is 2. The summed E-state index contributed by atoms with van der Waals surface area (Å²) in [6.45, 7) is 7.07. The molecule has 1 aromatic rings. The molecule has 0 saturated heterocycles. The topological polar surface area (TPSA) is 32.3 Å². The molecule has 0 aromatic heterocycles. The minimum Gasteiger partial charge on any atom is -0.338 e. The fourth-order valence-electron chi connectivity index (χ4n) is 2.19. The van der Waals surface area contributed by atoms with Crippen molar-refractivity contribution in [1.29, 1.82) is 0 Å². The number of carbonyl (C=O) groups excluding carboxylic acids is 1. The van der Waals surface area contributed by atoms with E-state index in [9.17, 15) is 4.79 Å². The van der Waals surface area contributed by atoms with E-state index >= 15 is 0 Å².